The summed E-state index contributed by atoms with van der Waals surface area (Å²) in [5.41, 5.74) is 6.38. The minimum Gasteiger partial charge on any atom is -0.462 e. The van der Waals surface area contributed by atoms with Crippen molar-refractivity contribution in [2.24, 2.45) is 5.73 Å². The second kappa shape index (κ2) is 9.09. The third kappa shape index (κ3) is 5.92. The van der Waals surface area contributed by atoms with Gasteiger partial charge in [-0.2, -0.15) is 0 Å². The van der Waals surface area contributed by atoms with Crippen LogP contribution in [0.2, 0.25) is 0 Å². The van der Waals surface area contributed by atoms with E-state index in [9.17, 15) is 13.2 Å². The van der Waals surface area contributed by atoms with Crippen molar-refractivity contribution in [3.63, 3.8) is 0 Å². The van der Waals surface area contributed by atoms with Crippen LogP contribution in [0, 0.1) is 6.92 Å². The van der Waals surface area contributed by atoms with Crippen LogP contribution in [0.4, 0.5) is 0 Å². The molecule has 1 unspecified atom stereocenters. The van der Waals surface area contributed by atoms with E-state index < -0.39 is 16.0 Å². The lowest BCUT2D eigenvalue weighted by Crippen LogP contribution is -2.29. The van der Waals surface area contributed by atoms with Crippen molar-refractivity contribution < 1.29 is 17.9 Å². The van der Waals surface area contributed by atoms with Gasteiger partial charge in [0, 0.05) is 12.6 Å². The molecule has 0 radical (unpaired) electrons. The van der Waals surface area contributed by atoms with E-state index in [1.54, 1.807) is 32.9 Å². The normalized spacial score (nSPS) is 12.4. The molecule has 1 aromatic rings. The third-order valence-corrected chi connectivity index (χ3v) is 4.48. The van der Waals surface area contributed by atoms with Crippen molar-refractivity contribution in [3.8, 4) is 0 Å². The molecule has 0 fully saturated rings. The van der Waals surface area contributed by atoms with Gasteiger partial charge in [0.1, 0.15) is 0 Å². The number of halogens is 1. The maximum absolute atomic E-state index is 12.3. The average molecular weight is 351 g/mol. The van der Waals surface area contributed by atoms with Gasteiger partial charge in [0.2, 0.25) is 10.0 Å². The lowest BCUT2D eigenvalue weighted by molar-refractivity contribution is 0.0526. The number of hydrogen-bond acceptors (Lipinski definition) is 5. The summed E-state index contributed by atoms with van der Waals surface area (Å²) in [6.45, 7) is 5.67. The smallest absolute Gasteiger partial charge is 0.338 e. The van der Waals surface area contributed by atoms with Gasteiger partial charge in [-0.15, -0.1) is 12.4 Å². The second-order valence-electron chi connectivity index (χ2n) is 4.86. The molecule has 8 heteroatoms. The van der Waals surface area contributed by atoms with E-state index in [1.165, 1.54) is 6.07 Å². The quantitative estimate of drug-likeness (QED) is 0.728. The predicted octanol–water partition coefficient (Wildman–Crippen LogP) is 1.61. The van der Waals surface area contributed by atoms with Crippen molar-refractivity contribution in [3.05, 3.63) is 29.3 Å². The van der Waals surface area contributed by atoms with Crippen molar-refractivity contribution in [1.82, 2.24) is 4.72 Å². The number of esters is 1. The van der Waals surface area contributed by atoms with Crippen LogP contribution in [-0.2, 0) is 14.8 Å². The maximum Gasteiger partial charge on any atom is 0.338 e. The molecule has 0 heterocycles. The van der Waals surface area contributed by atoms with E-state index in [0.29, 0.717) is 12.0 Å². The second-order valence-corrected chi connectivity index (χ2v) is 6.60. The van der Waals surface area contributed by atoms with Crippen LogP contribution < -0.4 is 10.5 Å². The maximum atomic E-state index is 12.3. The number of benzene rings is 1. The molecule has 1 atom stereocenters. The summed E-state index contributed by atoms with van der Waals surface area (Å²) in [6.07, 6.45) is 0.538. The van der Waals surface area contributed by atoms with E-state index >= 15 is 0 Å². The molecule has 0 saturated carbocycles. The molecule has 1 aromatic carbocycles. The van der Waals surface area contributed by atoms with Gasteiger partial charge in [-0.25, -0.2) is 17.9 Å². The molecule has 1 rings (SSSR count). The van der Waals surface area contributed by atoms with Gasteiger partial charge in [0.25, 0.3) is 0 Å². The van der Waals surface area contributed by atoms with E-state index in [4.69, 9.17) is 10.5 Å². The summed E-state index contributed by atoms with van der Waals surface area (Å²) in [5, 5.41) is 0. The van der Waals surface area contributed by atoms with Crippen molar-refractivity contribution >= 4 is 28.4 Å². The SMILES string of the molecule is CCOC(=O)c1ccc(C)c(S(=O)(=O)NCCC(C)N)c1.Cl. The van der Waals surface area contributed by atoms with Crippen molar-refractivity contribution in [2.45, 2.75) is 38.1 Å². The predicted molar refractivity (Wildman–Crippen MR) is 87.8 cm³/mol. The van der Waals surface area contributed by atoms with Crippen LogP contribution in [-0.4, -0.2) is 33.6 Å². The van der Waals surface area contributed by atoms with Gasteiger partial charge < -0.3 is 10.5 Å². The molecule has 0 aromatic heterocycles. The van der Waals surface area contributed by atoms with Gasteiger partial charge >= 0.3 is 5.97 Å². The minimum atomic E-state index is -3.67. The van der Waals surface area contributed by atoms with Crippen molar-refractivity contribution in [2.75, 3.05) is 13.2 Å². The zero-order valence-electron chi connectivity index (χ0n) is 13.0. The standard InChI is InChI=1S/C14H22N2O4S.ClH/c1-4-20-14(17)12-6-5-10(2)13(9-12)21(18,19)16-8-7-11(3)15;/h5-6,9,11,16H,4,7-8,15H2,1-3H3;1H. The zero-order valence-corrected chi connectivity index (χ0v) is 14.6. The van der Waals surface area contributed by atoms with Gasteiger partial charge in [-0.3, -0.25) is 0 Å². The Morgan fingerprint density at radius 1 is 1.41 bits per heavy atom. The molecule has 22 heavy (non-hydrogen) atoms. The fraction of sp³-hybridized carbons (Fsp3) is 0.500. The Balaban J connectivity index is 0.00000441. The average Bonchev–Trinajstić information content (AvgIpc) is 2.38. The molecule has 0 bridgehead atoms. The molecule has 0 aliphatic rings. The highest BCUT2D eigenvalue weighted by molar-refractivity contribution is 7.89. The molecule has 0 amide bonds. The van der Waals surface area contributed by atoms with E-state index in [-0.39, 0.29) is 42.1 Å². The van der Waals surface area contributed by atoms with Crippen molar-refractivity contribution in [1.29, 1.82) is 0 Å². The highest BCUT2D eigenvalue weighted by atomic mass is 35.5. The van der Waals surface area contributed by atoms with Crippen LogP contribution in [0.3, 0.4) is 0 Å². The van der Waals surface area contributed by atoms with Crippen LogP contribution in [0.25, 0.3) is 0 Å². The van der Waals surface area contributed by atoms with Gasteiger partial charge in [0.15, 0.2) is 0 Å². The van der Waals surface area contributed by atoms with Gasteiger partial charge in [0.05, 0.1) is 17.1 Å². The number of carbonyl (C=O) groups is 1. The first-order valence-electron chi connectivity index (χ1n) is 6.81. The lowest BCUT2D eigenvalue weighted by Gasteiger charge is -2.11. The highest BCUT2D eigenvalue weighted by Gasteiger charge is 2.19. The number of sulfonamides is 1. The number of rotatable bonds is 7. The molecule has 0 aliphatic carbocycles. The summed E-state index contributed by atoms with van der Waals surface area (Å²) in [4.78, 5) is 11.8. The molecule has 126 valence electrons. The first kappa shape index (κ1) is 20.9. The van der Waals surface area contributed by atoms with Crippen LogP contribution in [0.1, 0.15) is 36.2 Å². The molecule has 0 aliphatic heterocycles. The first-order valence-corrected chi connectivity index (χ1v) is 8.29. The monoisotopic (exact) mass is 350 g/mol. The Bertz CT molecular complexity index is 603. The Morgan fingerprint density at radius 2 is 2.05 bits per heavy atom. The number of ether oxygens (including phenoxy) is 1. The van der Waals surface area contributed by atoms with E-state index in [2.05, 4.69) is 4.72 Å². The van der Waals surface area contributed by atoms with Crippen LogP contribution in [0.15, 0.2) is 23.1 Å². The van der Waals surface area contributed by atoms with Crippen LogP contribution in [0.5, 0.6) is 0 Å². The van der Waals surface area contributed by atoms with E-state index in [1.807, 2.05) is 0 Å². The zero-order chi connectivity index (χ0) is 16.0. The lowest BCUT2D eigenvalue weighted by atomic mass is 10.1. The summed E-state index contributed by atoms with van der Waals surface area (Å²) in [7, 11) is -3.67. The fourth-order valence-electron chi connectivity index (χ4n) is 1.73. The summed E-state index contributed by atoms with van der Waals surface area (Å²) in [5.74, 6) is -0.537. The number of carbonyl (C=O) groups excluding carboxylic acids is 1. The van der Waals surface area contributed by atoms with E-state index in [0.717, 1.165) is 0 Å². The highest BCUT2D eigenvalue weighted by Crippen LogP contribution is 2.17. The Kier molecular flexibility index (Phi) is 8.62. The third-order valence-electron chi connectivity index (χ3n) is 2.88. The summed E-state index contributed by atoms with van der Waals surface area (Å²) >= 11 is 0. The summed E-state index contributed by atoms with van der Waals surface area (Å²) in [6, 6.07) is 4.39. The Labute approximate surface area is 137 Å². The number of aryl methyl sites for hydroxylation is 1. The molecule has 0 spiro atoms. The molecular formula is C14H23ClN2O4S. The minimum absolute atomic E-state index is 0. The van der Waals surface area contributed by atoms with Gasteiger partial charge in [-0.05, 0) is 44.9 Å². The number of nitrogens with one attached hydrogen (secondary N) is 1. The Morgan fingerprint density at radius 3 is 2.59 bits per heavy atom. The molecule has 0 saturated heterocycles. The Hall–Kier alpha value is -1.15. The molecule has 6 nitrogen and oxygen atoms in total. The molecule has 3 N–H and O–H groups in total. The molecular weight excluding hydrogens is 328 g/mol. The topological polar surface area (TPSA) is 98.5 Å². The van der Waals surface area contributed by atoms with Crippen LogP contribution >= 0.6 is 12.4 Å². The number of nitrogens with two attached hydrogens (primary N) is 1. The van der Waals surface area contributed by atoms with Gasteiger partial charge in [-0.1, -0.05) is 6.07 Å². The fourth-order valence-corrected chi connectivity index (χ4v) is 3.05. The largest absolute Gasteiger partial charge is 0.462 e. The summed E-state index contributed by atoms with van der Waals surface area (Å²) < 4.78 is 31.9. The number of hydrogen-bond donors (Lipinski definition) is 2. The first-order chi connectivity index (χ1) is 9.77.